The summed E-state index contributed by atoms with van der Waals surface area (Å²) in [5.74, 6) is 2.18. The Bertz CT molecular complexity index is 783. The van der Waals surface area contributed by atoms with Gasteiger partial charge in [0.1, 0.15) is 17.0 Å². The molecule has 0 radical (unpaired) electrons. The van der Waals surface area contributed by atoms with Gasteiger partial charge in [-0.05, 0) is 74.1 Å². The predicted molar refractivity (Wildman–Crippen MR) is 123 cm³/mol. The lowest BCUT2D eigenvalue weighted by molar-refractivity contribution is 0.0968. The first-order chi connectivity index (χ1) is 13.4. The Morgan fingerprint density at radius 3 is 2.71 bits per heavy atom. The molecule has 6 heteroatoms. The Labute approximate surface area is 180 Å². The fraction of sp³-hybridized carbons (Fsp3) is 0.591. The molecule has 3 rings (SSSR count). The molecule has 0 aromatic carbocycles. The van der Waals surface area contributed by atoms with Crippen molar-refractivity contribution in [2.45, 2.75) is 64.2 Å². The highest BCUT2D eigenvalue weighted by molar-refractivity contribution is 8.69. The molecule has 0 N–H and O–H groups in total. The molecule has 0 saturated heterocycles. The Hall–Kier alpha value is -0.780. The van der Waals surface area contributed by atoms with Crippen LogP contribution in [-0.2, 0) is 14.6 Å². The molecule has 0 aliphatic heterocycles. The van der Waals surface area contributed by atoms with E-state index in [2.05, 4.69) is 37.9 Å². The molecule has 1 heterocycles. The Morgan fingerprint density at radius 2 is 2.14 bits per heavy atom. The highest BCUT2D eigenvalue weighted by atomic mass is 35.5. The fourth-order valence-corrected chi connectivity index (χ4v) is 6.60. The van der Waals surface area contributed by atoms with Gasteiger partial charge in [-0.15, -0.1) is 0 Å². The van der Waals surface area contributed by atoms with Gasteiger partial charge in [0, 0.05) is 23.3 Å². The topological polar surface area (TPSA) is 39.2 Å². The molecule has 0 amide bonds. The van der Waals surface area contributed by atoms with Crippen LogP contribution < -0.4 is 0 Å². The van der Waals surface area contributed by atoms with Crippen molar-refractivity contribution in [3.8, 4) is 0 Å². The summed E-state index contributed by atoms with van der Waals surface area (Å²) in [7, 11) is 0.728. The van der Waals surface area contributed by atoms with Gasteiger partial charge in [-0.1, -0.05) is 42.3 Å². The SMILES string of the molecule is C/C=C(\c1cc(Cl)ncc1/C(=C/CC)OC1CC(SS(C)=O)C1)C(C)C1CC1. The molecular formula is C22H30ClNO2S2. The summed E-state index contributed by atoms with van der Waals surface area (Å²) >= 11 is 6.28. The predicted octanol–water partition coefficient (Wildman–Crippen LogP) is 6.51. The molecular weight excluding hydrogens is 410 g/mol. The number of allylic oxidation sites excluding steroid dienone is 3. The standard InChI is InChI=1S/C22H30ClNO2S2/c1-5-7-21(26-16-10-17(11-16)27-28(4)25)20-13-24-22(23)12-19(20)18(6-2)14(3)15-8-9-15/h6-7,12-17H,5,8-11H2,1-4H3/b18-6-,21-7-. The lowest BCUT2D eigenvalue weighted by Crippen LogP contribution is -2.33. The van der Waals surface area contributed by atoms with Gasteiger partial charge < -0.3 is 4.74 Å². The molecule has 2 aliphatic carbocycles. The van der Waals surface area contributed by atoms with Crippen molar-refractivity contribution in [1.82, 2.24) is 4.98 Å². The summed E-state index contributed by atoms with van der Waals surface area (Å²) in [5, 5.41) is 0.949. The summed E-state index contributed by atoms with van der Waals surface area (Å²) in [6.45, 7) is 6.54. The summed E-state index contributed by atoms with van der Waals surface area (Å²) in [5.41, 5.74) is 3.50. The number of rotatable bonds is 9. The highest BCUT2D eigenvalue weighted by Gasteiger charge is 2.34. The van der Waals surface area contributed by atoms with Crippen LogP contribution in [0.1, 0.15) is 64.0 Å². The zero-order valence-corrected chi connectivity index (χ0v) is 19.5. The van der Waals surface area contributed by atoms with Crippen LogP contribution in [0.5, 0.6) is 0 Å². The average Bonchev–Trinajstić information content (AvgIpc) is 3.45. The summed E-state index contributed by atoms with van der Waals surface area (Å²) < 4.78 is 17.8. The van der Waals surface area contributed by atoms with E-state index in [1.165, 1.54) is 18.4 Å². The van der Waals surface area contributed by atoms with Gasteiger partial charge in [-0.2, -0.15) is 0 Å². The van der Waals surface area contributed by atoms with E-state index in [1.807, 2.05) is 12.3 Å². The van der Waals surface area contributed by atoms with E-state index < -0.39 is 9.83 Å². The van der Waals surface area contributed by atoms with Crippen LogP contribution in [0.2, 0.25) is 5.15 Å². The van der Waals surface area contributed by atoms with Crippen molar-refractivity contribution >= 4 is 43.6 Å². The van der Waals surface area contributed by atoms with Crippen LogP contribution in [0.15, 0.2) is 24.4 Å². The van der Waals surface area contributed by atoms with Crippen molar-refractivity contribution in [1.29, 1.82) is 0 Å². The molecule has 0 bridgehead atoms. The third-order valence-electron chi connectivity index (χ3n) is 5.58. The first-order valence-corrected chi connectivity index (χ1v) is 13.5. The number of hydrogen-bond acceptors (Lipinski definition) is 4. The summed E-state index contributed by atoms with van der Waals surface area (Å²) in [4.78, 5) is 4.36. The number of hydrogen-bond donors (Lipinski definition) is 0. The Balaban J connectivity index is 1.83. The van der Waals surface area contributed by atoms with E-state index in [0.29, 0.717) is 16.3 Å². The van der Waals surface area contributed by atoms with Gasteiger partial charge >= 0.3 is 0 Å². The molecule has 0 spiro atoms. The maximum Gasteiger partial charge on any atom is 0.129 e. The highest BCUT2D eigenvalue weighted by Crippen LogP contribution is 2.45. The monoisotopic (exact) mass is 439 g/mol. The van der Waals surface area contributed by atoms with Crippen LogP contribution >= 0.6 is 22.4 Å². The smallest absolute Gasteiger partial charge is 0.129 e. The normalized spacial score (nSPS) is 25.2. The van der Waals surface area contributed by atoms with E-state index >= 15 is 0 Å². The maximum atomic E-state index is 11.4. The number of halogens is 1. The molecule has 2 unspecified atom stereocenters. The second-order valence-corrected chi connectivity index (χ2v) is 11.8. The zero-order chi connectivity index (χ0) is 20.3. The van der Waals surface area contributed by atoms with Crippen LogP contribution in [0.25, 0.3) is 11.3 Å². The first kappa shape index (κ1) is 21.9. The second kappa shape index (κ2) is 9.82. The molecule has 2 aliphatic rings. The molecule has 1 aromatic heterocycles. The number of nitrogens with zero attached hydrogens (tertiary/aromatic N) is 1. The minimum absolute atomic E-state index is 0.178. The lowest BCUT2D eigenvalue weighted by atomic mass is 9.87. The van der Waals surface area contributed by atoms with Crippen molar-refractivity contribution in [3.05, 3.63) is 40.7 Å². The molecule has 154 valence electrons. The maximum absolute atomic E-state index is 11.4. The van der Waals surface area contributed by atoms with Gasteiger partial charge in [-0.3, -0.25) is 0 Å². The fourth-order valence-electron chi connectivity index (χ4n) is 3.85. The molecule has 2 atom stereocenters. The third-order valence-corrected chi connectivity index (χ3v) is 8.35. The molecule has 28 heavy (non-hydrogen) atoms. The largest absolute Gasteiger partial charge is 0.490 e. The summed E-state index contributed by atoms with van der Waals surface area (Å²) in [6.07, 6.45) is 13.5. The van der Waals surface area contributed by atoms with E-state index in [9.17, 15) is 4.21 Å². The summed E-state index contributed by atoms with van der Waals surface area (Å²) in [6, 6.07) is 1.98. The van der Waals surface area contributed by atoms with Gasteiger partial charge in [0.25, 0.3) is 0 Å². The van der Waals surface area contributed by atoms with Gasteiger partial charge in [-0.25, -0.2) is 9.19 Å². The number of pyridine rings is 1. The van der Waals surface area contributed by atoms with Crippen LogP contribution in [0, 0.1) is 11.8 Å². The molecule has 1 aromatic rings. The van der Waals surface area contributed by atoms with Crippen molar-refractivity contribution in [2.75, 3.05) is 6.26 Å². The Kier molecular flexibility index (Phi) is 7.68. The van der Waals surface area contributed by atoms with Crippen LogP contribution in [-0.4, -0.2) is 26.8 Å². The van der Waals surface area contributed by atoms with Crippen molar-refractivity contribution < 1.29 is 8.95 Å². The molecule has 2 saturated carbocycles. The third kappa shape index (κ3) is 5.43. The van der Waals surface area contributed by atoms with Gasteiger partial charge in [0.05, 0.1) is 9.83 Å². The van der Waals surface area contributed by atoms with Crippen LogP contribution in [0.4, 0.5) is 0 Å². The quantitative estimate of drug-likeness (QED) is 0.250. The average molecular weight is 440 g/mol. The van der Waals surface area contributed by atoms with Gasteiger partial charge in [0.15, 0.2) is 0 Å². The minimum Gasteiger partial charge on any atom is -0.490 e. The number of ether oxygens (including phenoxy) is 1. The van der Waals surface area contributed by atoms with Crippen LogP contribution in [0.3, 0.4) is 0 Å². The lowest BCUT2D eigenvalue weighted by Gasteiger charge is -2.35. The van der Waals surface area contributed by atoms with Crippen molar-refractivity contribution in [2.24, 2.45) is 11.8 Å². The van der Waals surface area contributed by atoms with E-state index in [-0.39, 0.29) is 6.10 Å². The first-order valence-electron chi connectivity index (χ1n) is 10.1. The number of aromatic nitrogens is 1. The minimum atomic E-state index is -0.815. The molecule has 2 fully saturated rings. The van der Waals surface area contributed by atoms with Gasteiger partial charge in [0.2, 0.25) is 0 Å². The van der Waals surface area contributed by atoms with E-state index in [4.69, 9.17) is 16.3 Å². The van der Waals surface area contributed by atoms with E-state index in [1.54, 1.807) is 17.0 Å². The Morgan fingerprint density at radius 1 is 1.43 bits per heavy atom. The van der Waals surface area contributed by atoms with E-state index in [0.717, 1.165) is 42.1 Å². The molecule has 3 nitrogen and oxygen atoms in total. The van der Waals surface area contributed by atoms with Crippen molar-refractivity contribution in [3.63, 3.8) is 0 Å². The zero-order valence-electron chi connectivity index (χ0n) is 17.1. The second-order valence-electron chi connectivity index (χ2n) is 7.73.